The number of aromatic nitrogens is 1. The number of carbonyl (C=O) groups excluding carboxylic acids is 1. The predicted molar refractivity (Wildman–Crippen MR) is 102 cm³/mol. The van der Waals surface area contributed by atoms with Crippen LogP contribution in [0.25, 0.3) is 5.69 Å². The summed E-state index contributed by atoms with van der Waals surface area (Å²) in [6.45, 7) is 1.52. The molecule has 3 rings (SSSR count). The molecule has 25 heavy (non-hydrogen) atoms. The Hall–Kier alpha value is -3.01. The van der Waals surface area contributed by atoms with Crippen LogP contribution in [0, 0.1) is 0 Å². The van der Waals surface area contributed by atoms with Crippen LogP contribution < -0.4 is 10.6 Å². The van der Waals surface area contributed by atoms with Crippen molar-refractivity contribution in [3.8, 4) is 5.69 Å². The molecule has 3 aromatic rings. The molecule has 0 aliphatic heterocycles. The summed E-state index contributed by atoms with van der Waals surface area (Å²) < 4.78 is 2.05. The van der Waals surface area contributed by atoms with Gasteiger partial charge in [0.05, 0.1) is 6.42 Å². The lowest BCUT2D eigenvalue weighted by Crippen LogP contribution is -2.27. The molecule has 2 aromatic carbocycles. The fraction of sp³-hybridized carbons (Fsp3) is 0.190. The molecule has 0 radical (unpaired) electrons. The molecule has 4 nitrogen and oxygen atoms in total. The number of hydrogen-bond acceptors (Lipinski definition) is 2. The first-order chi connectivity index (χ1) is 12.3. The Morgan fingerprint density at radius 3 is 2.28 bits per heavy atom. The quantitative estimate of drug-likeness (QED) is 0.618. The highest BCUT2D eigenvalue weighted by molar-refractivity contribution is 5.78. The van der Waals surface area contributed by atoms with Crippen molar-refractivity contribution in [2.24, 2.45) is 0 Å². The number of anilines is 1. The van der Waals surface area contributed by atoms with Crippen molar-refractivity contribution in [1.29, 1.82) is 0 Å². The van der Waals surface area contributed by atoms with Gasteiger partial charge in [0.1, 0.15) is 0 Å². The fourth-order valence-electron chi connectivity index (χ4n) is 2.65. The van der Waals surface area contributed by atoms with Crippen molar-refractivity contribution in [3.05, 3.63) is 84.7 Å². The lowest BCUT2D eigenvalue weighted by Gasteiger charge is -2.08. The third-order valence-corrected chi connectivity index (χ3v) is 3.98. The highest BCUT2D eigenvalue weighted by atomic mass is 16.1. The third kappa shape index (κ3) is 5.24. The van der Waals surface area contributed by atoms with Crippen LogP contribution >= 0.6 is 0 Å². The van der Waals surface area contributed by atoms with E-state index in [1.54, 1.807) is 0 Å². The van der Waals surface area contributed by atoms with Crippen LogP contribution in [0.4, 0.5) is 5.69 Å². The van der Waals surface area contributed by atoms with Gasteiger partial charge >= 0.3 is 0 Å². The first-order valence-corrected chi connectivity index (χ1v) is 8.59. The Morgan fingerprint density at radius 2 is 1.56 bits per heavy atom. The van der Waals surface area contributed by atoms with Crippen LogP contribution in [-0.4, -0.2) is 23.6 Å². The molecule has 1 aromatic heterocycles. The number of nitrogens with zero attached hydrogens (tertiary/aromatic N) is 1. The monoisotopic (exact) mass is 333 g/mol. The van der Waals surface area contributed by atoms with E-state index in [9.17, 15) is 4.79 Å². The SMILES string of the molecule is O=C(Cc1ccc(-n2cccc2)cc1)NCCCNc1ccccc1. The van der Waals surface area contributed by atoms with Crippen molar-refractivity contribution >= 4 is 11.6 Å². The molecule has 0 aliphatic carbocycles. The Kier molecular flexibility index (Phi) is 5.88. The molecule has 1 heterocycles. The molecule has 0 bridgehead atoms. The van der Waals surface area contributed by atoms with Crippen molar-refractivity contribution in [2.75, 3.05) is 18.4 Å². The van der Waals surface area contributed by atoms with Crippen molar-refractivity contribution in [2.45, 2.75) is 12.8 Å². The van der Waals surface area contributed by atoms with Gasteiger partial charge in [-0.1, -0.05) is 30.3 Å². The number of nitrogens with one attached hydrogen (secondary N) is 2. The van der Waals surface area contributed by atoms with Gasteiger partial charge in [-0.3, -0.25) is 4.79 Å². The van der Waals surface area contributed by atoms with E-state index in [2.05, 4.69) is 10.6 Å². The average molecular weight is 333 g/mol. The van der Waals surface area contributed by atoms with Crippen LogP contribution in [0.3, 0.4) is 0 Å². The minimum absolute atomic E-state index is 0.0634. The summed E-state index contributed by atoms with van der Waals surface area (Å²) in [6, 6.07) is 22.2. The average Bonchev–Trinajstić information content (AvgIpc) is 3.18. The molecule has 0 aliphatic rings. The summed E-state index contributed by atoms with van der Waals surface area (Å²) >= 11 is 0. The van der Waals surface area contributed by atoms with Gasteiger partial charge in [0.25, 0.3) is 0 Å². The second-order valence-electron chi connectivity index (χ2n) is 5.93. The third-order valence-electron chi connectivity index (χ3n) is 3.98. The molecular formula is C21H23N3O. The van der Waals surface area contributed by atoms with Gasteiger partial charge in [0.2, 0.25) is 5.91 Å². The molecule has 128 valence electrons. The van der Waals surface area contributed by atoms with Crippen LogP contribution in [0.2, 0.25) is 0 Å². The maximum Gasteiger partial charge on any atom is 0.224 e. The van der Waals surface area contributed by atoms with Gasteiger partial charge in [-0.15, -0.1) is 0 Å². The first-order valence-electron chi connectivity index (χ1n) is 8.59. The van der Waals surface area contributed by atoms with Crippen LogP contribution in [0.1, 0.15) is 12.0 Å². The summed E-state index contributed by atoms with van der Waals surface area (Å²) in [5, 5.41) is 6.31. The number of rotatable bonds is 8. The molecule has 0 atom stereocenters. The van der Waals surface area contributed by atoms with Crippen molar-refractivity contribution < 1.29 is 4.79 Å². The van der Waals surface area contributed by atoms with Crippen LogP contribution in [-0.2, 0) is 11.2 Å². The van der Waals surface area contributed by atoms with Gasteiger partial charge in [-0.25, -0.2) is 0 Å². The maximum atomic E-state index is 12.0. The largest absolute Gasteiger partial charge is 0.385 e. The second kappa shape index (κ2) is 8.73. The summed E-state index contributed by atoms with van der Waals surface area (Å²) in [5.41, 5.74) is 3.23. The molecule has 0 unspecified atom stereocenters. The molecule has 4 heteroatoms. The van der Waals surface area contributed by atoms with Crippen molar-refractivity contribution in [1.82, 2.24) is 9.88 Å². The number of amides is 1. The number of benzene rings is 2. The van der Waals surface area contributed by atoms with Gasteiger partial charge in [0.15, 0.2) is 0 Å². The second-order valence-corrected chi connectivity index (χ2v) is 5.93. The van der Waals surface area contributed by atoms with Crippen LogP contribution in [0.5, 0.6) is 0 Å². The van der Waals surface area contributed by atoms with Gasteiger partial charge in [-0.05, 0) is 48.4 Å². The minimum atomic E-state index is 0.0634. The van der Waals surface area contributed by atoms with E-state index in [0.717, 1.165) is 29.9 Å². The van der Waals surface area contributed by atoms with Gasteiger partial charge < -0.3 is 15.2 Å². The van der Waals surface area contributed by atoms with Crippen LogP contribution in [0.15, 0.2) is 79.1 Å². The Morgan fingerprint density at radius 1 is 0.840 bits per heavy atom. The highest BCUT2D eigenvalue weighted by Crippen LogP contribution is 2.10. The zero-order chi connectivity index (χ0) is 17.3. The number of carbonyl (C=O) groups is 1. The fourth-order valence-corrected chi connectivity index (χ4v) is 2.65. The van der Waals surface area contributed by atoms with E-state index >= 15 is 0 Å². The molecule has 1 amide bonds. The molecular weight excluding hydrogens is 310 g/mol. The lowest BCUT2D eigenvalue weighted by atomic mass is 10.1. The highest BCUT2D eigenvalue weighted by Gasteiger charge is 2.03. The molecule has 0 fully saturated rings. The maximum absolute atomic E-state index is 12.0. The Bertz CT molecular complexity index is 765. The van der Waals surface area contributed by atoms with E-state index in [1.165, 1.54) is 0 Å². The van der Waals surface area contributed by atoms with Gasteiger partial charge in [-0.2, -0.15) is 0 Å². The topological polar surface area (TPSA) is 46.1 Å². The summed E-state index contributed by atoms with van der Waals surface area (Å²) in [4.78, 5) is 12.0. The summed E-state index contributed by atoms with van der Waals surface area (Å²) in [5.74, 6) is 0.0634. The summed E-state index contributed by atoms with van der Waals surface area (Å²) in [6.07, 6.45) is 5.32. The number of hydrogen-bond donors (Lipinski definition) is 2. The molecule has 2 N–H and O–H groups in total. The zero-order valence-corrected chi connectivity index (χ0v) is 14.2. The molecule has 0 spiro atoms. The molecule has 0 saturated carbocycles. The summed E-state index contributed by atoms with van der Waals surface area (Å²) in [7, 11) is 0. The standard InChI is InChI=1S/C21H23N3O/c25-21(23-14-6-13-22-19-7-2-1-3-8-19)17-18-9-11-20(12-10-18)24-15-4-5-16-24/h1-5,7-12,15-16,22H,6,13-14,17H2,(H,23,25). The Labute approximate surface area is 148 Å². The Balaban J connectivity index is 1.36. The first kappa shape index (κ1) is 16.8. The lowest BCUT2D eigenvalue weighted by molar-refractivity contribution is -0.120. The van der Waals surface area contributed by atoms with E-state index in [4.69, 9.17) is 0 Å². The van der Waals surface area contributed by atoms with E-state index < -0.39 is 0 Å². The normalized spacial score (nSPS) is 10.4. The minimum Gasteiger partial charge on any atom is -0.385 e. The smallest absolute Gasteiger partial charge is 0.224 e. The molecule has 0 saturated heterocycles. The number of para-hydroxylation sites is 1. The predicted octanol–water partition coefficient (Wildman–Crippen LogP) is 3.64. The van der Waals surface area contributed by atoms with E-state index in [1.807, 2.05) is 83.7 Å². The van der Waals surface area contributed by atoms with E-state index in [-0.39, 0.29) is 5.91 Å². The van der Waals surface area contributed by atoms with Crippen molar-refractivity contribution in [3.63, 3.8) is 0 Å². The zero-order valence-electron chi connectivity index (χ0n) is 14.2. The van der Waals surface area contributed by atoms with E-state index in [0.29, 0.717) is 13.0 Å². The van der Waals surface area contributed by atoms with Gasteiger partial charge in [0, 0.05) is 36.9 Å².